The summed E-state index contributed by atoms with van der Waals surface area (Å²) in [7, 11) is 0. The minimum atomic E-state index is 0.495. The van der Waals surface area contributed by atoms with Gasteiger partial charge in [-0.15, -0.1) is 0 Å². The van der Waals surface area contributed by atoms with Crippen LogP contribution in [0.4, 0.5) is 0 Å². The Balaban J connectivity index is 2.46. The van der Waals surface area contributed by atoms with Crippen molar-refractivity contribution in [3.05, 3.63) is 11.8 Å². The molecule has 2 N–H and O–H groups in total. The molecular weight excluding hydrogens is 128 g/mol. The van der Waals surface area contributed by atoms with Crippen molar-refractivity contribution in [3.8, 4) is 0 Å². The molecule has 10 heavy (non-hydrogen) atoms. The predicted molar refractivity (Wildman–Crippen MR) is 40.5 cm³/mol. The predicted octanol–water partition coefficient (Wildman–Crippen LogP) is -0.276. The zero-order chi connectivity index (χ0) is 6.97. The van der Waals surface area contributed by atoms with E-state index in [-0.39, 0.29) is 0 Å². The summed E-state index contributed by atoms with van der Waals surface area (Å²) in [4.78, 5) is 11.9. The average molecular weight is 134 g/mol. The van der Waals surface area contributed by atoms with E-state index in [1.165, 1.54) is 6.34 Å². The van der Waals surface area contributed by atoms with E-state index in [0.29, 0.717) is 18.1 Å². The maximum absolute atomic E-state index is 5.52. The summed E-state index contributed by atoms with van der Waals surface area (Å²) in [5, 5.41) is 0. The van der Waals surface area contributed by atoms with Gasteiger partial charge in [-0.2, -0.15) is 0 Å². The summed E-state index contributed by atoms with van der Waals surface area (Å²) in [5.74, 6) is 0.495. The van der Waals surface area contributed by atoms with Gasteiger partial charge in [-0.3, -0.25) is 4.99 Å². The molecule has 0 aliphatic carbocycles. The molecule has 0 bridgehead atoms. The van der Waals surface area contributed by atoms with E-state index in [1.54, 1.807) is 0 Å². The van der Waals surface area contributed by atoms with Gasteiger partial charge in [0.05, 0.1) is 12.2 Å². The SMILES string of the molecule is NC1=NCC=C2N=CN=C21. The smallest absolute Gasteiger partial charge is 0.147 e. The molecule has 4 nitrogen and oxygen atoms in total. The van der Waals surface area contributed by atoms with Crippen LogP contribution < -0.4 is 5.73 Å². The number of fused-ring (bicyclic) bond motifs is 1. The van der Waals surface area contributed by atoms with Gasteiger partial charge in [-0.1, -0.05) is 0 Å². The van der Waals surface area contributed by atoms with Crippen LogP contribution in [0, 0.1) is 0 Å². The molecule has 4 heteroatoms. The molecule has 0 radical (unpaired) electrons. The highest BCUT2D eigenvalue weighted by atomic mass is 15.0. The molecule has 50 valence electrons. The summed E-state index contributed by atoms with van der Waals surface area (Å²) in [6.07, 6.45) is 3.40. The number of rotatable bonds is 0. The van der Waals surface area contributed by atoms with Crippen molar-refractivity contribution in [2.75, 3.05) is 6.54 Å². The largest absolute Gasteiger partial charge is 0.382 e. The van der Waals surface area contributed by atoms with Crippen LogP contribution in [0.3, 0.4) is 0 Å². The second-order valence-corrected chi connectivity index (χ2v) is 2.04. The van der Waals surface area contributed by atoms with Crippen LogP contribution >= 0.6 is 0 Å². The molecule has 0 amide bonds. The van der Waals surface area contributed by atoms with Crippen LogP contribution in [0.2, 0.25) is 0 Å². The van der Waals surface area contributed by atoms with Crippen LogP contribution in [-0.4, -0.2) is 24.4 Å². The summed E-state index contributed by atoms with van der Waals surface area (Å²) in [5.41, 5.74) is 7.09. The third kappa shape index (κ3) is 0.586. The minimum Gasteiger partial charge on any atom is -0.382 e. The van der Waals surface area contributed by atoms with Crippen LogP contribution in [0.5, 0.6) is 0 Å². The van der Waals surface area contributed by atoms with E-state index in [4.69, 9.17) is 5.73 Å². The van der Waals surface area contributed by atoms with Crippen LogP contribution in [0.1, 0.15) is 0 Å². The number of dihydropyridines is 1. The van der Waals surface area contributed by atoms with Gasteiger partial charge < -0.3 is 5.73 Å². The van der Waals surface area contributed by atoms with E-state index in [2.05, 4.69) is 15.0 Å². The second kappa shape index (κ2) is 1.76. The van der Waals surface area contributed by atoms with Crippen molar-refractivity contribution in [1.29, 1.82) is 0 Å². The molecule has 0 spiro atoms. The molecule has 0 saturated heterocycles. The zero-order valence-electron chi connectivity index (χ0n) is 5.28. The highest BCUT2D eigenvalue weighted by molar-refractivity contribution is 6.49. The second-order valence-electron chi connectivity index (χ2n) is 2.04. The number of aliphatic imine (C=N–C) groups is 3. The lowest BCUT2D eigenvalue weighted by Gasteiger charge is -2.04. The van der Waals surface area contributed by atoms with E-state index < -0.39 is 0 Å². The number of nitrogens with two attached hydrogens (primary N) is 1. The van der Waals surface area contributed by atoms with Gasteiger partial charge >= 0.3 is 0 Å². The van der Waals surface area contributed by atoms with Crippen molar-refractivity contribution in [2.24, 2.45) is 20.7 Å². The fourth-order valence-electron chi connectivity index (χ4n) is 0.928. The molecule has 0 unspecified atom stereocenters. The van der Waals surface area contributed by atoms with Crippen LogP contribution in [0.15, 0.2) is 26.8 Å². The Morgan fingerprint density at radius 2 is 2.40 bits per heavy atom. The summed E-state index contributed by atoms with van der Waals surface area (Å²) < 4.78 is 0. The van der Waals surface area contributed by atoms with Gasteiger partial charge in [-0.25, -0.2) is 9.98 Å². The average Bonchev–Trinajstić information content (AvgIpc) is 2.36. The summed E-state index contributed by atoms with van der Waals surface area (Å²) in [6.45, 7) is 0.623. The molecule has 0 atom stereocenters. The Kier molecular flexibility index (Phi) is 0.943. The Bertz CT molecular complexity index is 282. The summed E-state index contributed by atoms with van der Waals surface area (Å²) >= 11 is 0. The topological polar surface area (TPSA) is 63.1 Å². The number of amidine groups is 1. The lowest BCUT2D eigenvalue weighted by molar-refractivity contribution is 1.20. The molecule has 0 fully saturated rings. The lowest BCUT2D eigenvalue weighted by Crippen LogP contribution is -2.26. The molecule has 2 aliphatic rings. The van der Waals surface area contributed by atoms with Crippen molar-refractivity contribution < 1.29 is 0 Å². The quantitative estimate of drug-likeness (QED) is 0.486. The number of hydrogen-bond acceptors (Lipinski definition) is 4. The van der Waals surface area contributed by atoms with E-state index in [1.807, 2.05) is 6.08 Å². The molecule has 2 aliphatic heterocycles. The first-order valence-corrected chi connectivity index (χ1v) is 2.99. The summed E-state index contributed by atoms with van der Waals surface area (Å²) in [6, 6.07) is 0. The minimum absolute atomic E-state index is 0.495. The highest BCUT2D eigenvalue weighted by Crippen LogP contribution is 2.09. The third-order valence-corrected chi connectivity index (χ3v) is 1.42. The monoisotopic (exact) mass is 134 g/mol. The Morgan fingerprint density at radius 1 is 1.50 bits per heavy atom. The van der Waals surface area contributed by atoms with Crippen molar-refractivity contribution in [1.82, 2.24) is 0 Å². The van der Waals surface area contributed by atoms with E-state index in [9.17, 15) is 0 Å². The first-order valence-electron chi connectivity index (χ1n) is 2.99. The Labute approximate surface area is 57.9 Å². The fraction of sp³-hybridized carbons (Fsp3) is 0.167. The molecule has 0 saturated carbocycles. The standard InChI is InChI=1S/C6H6N4/c7-6-5-4(1-2-8-6)9-3-10-5/h1,3H,2H2,(H2,7,8). The molecule has 0 aromatic heterocycles. The molecule has 2 heterocycles. The maximum Gasteiger partial charge on any atom is 0.147 e. The zero-order valence-corrected chi connectivity index (χ0v) is 5.28. The molecule has 0 aromatic carbocycles. The van der Waals surface area contributed by atoms with Gasteiger partial charge in [0.15, 0.2) is 0 Å². The van der Waals surface area contributed by atoms with Gasteiger partial charge in [0.25, 0.3) is 0 Å². The van der Waals surface area contributed by atoms with Crippen molar-refractivity contribution in [3.63, 3.8) is 0 Å². The van der Waals surface area contributed by atoms with Crippen molar-refractivity contribution in [2.45, 2.75) is 0 Å². The third-order valence-electron chi connectivity index (χ3n) is 1.42. The fourth-order valence-corrected chi connectivity index (χ4v) is 0.928. The van der Waals surface area contributed by atoms with Crippen LogP contribution in [-0.2, 0) is 0 Å². The first-order chi connectivity index (χ1) is 4.88. The first kappa shape index (κ1) is 5.34. The highest BCUT2D eigenvalue weighted by Gasteiger charge is 2.16. The normalized spacial score (nSPS) is 21.4. The molecule has 2 rings (SSSR count). The molecular formula is C6H6N4. The Morgan fingerprint density at radius 3 is 3.20 bits per heavy atom. The van der Waals surface area contributed by atoms with E-state index >= 15 is 0 Å². The lowest BCUT2D eigenvalue weighted by atomic mass is 10.2. The Hall–Kier alpha value is -1.45. The molecule has 0 aromatic rings. The van der Waals surface area contributed by atoms with Crippen molar-refractivity contribution >= 4 is 17.9 Å². The van der Waals surface area contributed by atoms with Gasteiger partial charge in [0.2, 0.25) is 0 Å². The number of hydrogen-bond donors (Lipinski definition) is 1. The van der Waals surface area contributed by atoms with Crippen LogP contribution in [0.25, 0.3) is 0 Å². The number of nitrogens with zero attached hydrogens (tertiary/aromatic N) is 3. The van der Waals surface area contributed by atoms with Gasteiger partial charge in [0.1, 0.15) is 17.9 Å². The van der Waals surface area contributed by atoms with Gasteiger partial charge in [-0.05, 0) is 6.08 Å². The van der Waals surface area contributed by atoms with E-state index in [0.717, 1.165) is 5.70 Å². The van der Waals surface area contributed by atoms with Gasteiger partial charge in [0, 0.05) is 0 Å². The maximum atomic E-state index is 5.52.